The Hall–Kier alpha value is -2.94. The standard InChI is InChI=1S/C20H18N2O/c1-22(15-16-10-12-21-13-11-16)20(23)19-9-5-8-18(14-19)17-6-3-2-4-7-17/h2-14H,15H2,1H3. The molecule has 0 saturated carbocycles. The normalized spacial score (nSPS) is 10.3. The summed E-state index contributed by atoms with van der Waals surface area (Å²) in [4.78, 5) is 18.4. The van der Waals surface area contributed by atoms with Crippen LogP contribution in [0, 0.1) is 0 Å². The van der Waals surface area contributed by atoms with Crippen molar-refractivity contribution in [3.8, 4) is 11.1 Å². The van der Waals surface area contributed by atoms with Gasteiger partial charge in [-0.25, -0.2) is 0 Å². The monoisotopic (exact) mass is 302 g/mol. The molecule has 0 saturated heterocycles. The predicted octanol–water partition coefficient (Wildman–Crippen LogP) is 4.02. The van der Waals surface area contributed by atoms with Crippen LogP contribution >= 0.6 is 0 Å². The molecule has 0 aliphatic heterocycles. The summed E-state index contributed by atoms with van der Waals surface area (Å²) in [7, 11) is 1.82. The third-order valence-corrected chi connectivity index (χ3v) is 3.73. The predicted molar refractivity (Wildman–Crippen MR) is 91.9 cm³/mol. The molecule has 1 heterocycles. The van der Waals surface area contributed by atoms with Gasteiger partial charge < -0.3 is 4.90 Å². The van der Waals surface area contributed by atoms with Crippen molar-refractivity contribution < 1.29 is 4.79 Å². The van der Waals surface area contributed by atoms with Gasteiger partial charge in [-0.2, -0.15) is 0 Å². The molecule has 0 aliphatic rings. The molecule has 0 spiro atoms. The van der Waals surface area contributed by atoms with Crippen molar-refractivity contribution in [2.45, 2.75) is 6.54 Å². The zero-order chi connectivity index (χ0) is 16.1. The number of nitrogens with zero attached hydrogens (tertiary/aromatic N) is 2. The summed E-state index contributed by atoms with van der Waals surface area (Å²) in [6, 6.07) is 21.7. The molecular formula is C20H18N2O. The molecule has 23 heavy (non-hydrogen) atoms. The second-order valence-electron chi connectivity index (χ2n) is 5.46. The van der Waals surface area contributed by atoms with Crippen LogP contribution in [0.3, 0.4) is 0 Å². The molecule has 1 aromatic heterocycles. The van der Waals surface area contributed by atoms with Gasteiger partial charge in [-0.05, 0) is 41.0 Å². The van der Waals surface area contributed by atoms with E-state index in [1.807, 2.05) is 73.8 Å². The van der Waals surface area contributed by atoms with Crippen LogP contribution in [0.2, 0.25) is 0 Å². The lowest BCUT2D eigenvalue weighted by molar-refractivity contribution is 0.0785. The van der Waals surface area contributed by atoms with Gasteiger partial charge >= 0.3 is 0 Å². The maximum atomic E-state index is 12.6. The first-order valence-electron chi connectivity index (χ1n) is 7.54. The molecular weight excluding hydrogens is 284 g/mol. The molecule has 0 atom stereocenters. The van der Waals surface area contributed by atoms with Gasteiger partial charge in [-0.1, -0.05) is 42.5 Å². The van der Waals surface area contributed by atoms with Gasteiger partial charge in [0.05, 0.1) is 0 Å². The Morgan fingerprint density at radius 3 is 2.35 bits per heavy atom. The number of benzene rings is 2. The molecule has 3 rings (SSSR count). The van der Waals surface area contributed by atoms with Crippen LogP contribution in [0.25, 0.3) is 11.1 Å². The van der Waals surface area contributed by atoms with E-state index < -0.39 is 0 Å². The molecule has 0 N–H and O–H groups in total. The Kier molecular flexibility index (Phi) is 4.48. The minimum absolute atomic E-state index is 0.0135. The average Bonchev–Trinajstić information content (AvgIpc) is 2.63. The molecule has 0 radical (unpaired) electrons. The second-order valence-corrected chi connectivity index (χ2v) is 5.46. The van der Waals surface area contributed by atoms with Crippen LogP contribution < -0.4 is 0 Å². The van der Waals surface area contributed by atoms with E-state index in [-0.39, 0.29) is 5.91 Å². The zero-order valence-electron chi connectivity index (χ0n) is 13.0. The summed E-state index contributed by atoms with van der Waals surface area (Å²) in [5.74, 6) is 0.0135. The van der Waals surface area contributed by atoms with E-state index in [0.717, 1.165) is 16.7 Å². The highest BCUT2D eigenvalue weighted by atomic mass is 16.2. The number of hydrogen-bond donors (Lipinski definition) is 0. The van der Waals surface area contributed by atoms with E-state index in [4.69, 9.17) is 0 Å². The van der Waals surface area contributed by atoms with E-state index in [0.29, 0.717) is 12.1 Å². The van der Waals surface area contributed by atoms with Gasteiger partial charge in [-0.3, -0.25) is 9.78 Å². The van der Waals surface area contributed by atoms with E-state index in [2.05, 4.69) is 4.98 Å². The van der Waals surface area contributed by atoms with E-state index >= 15 is 0 Å². The van der Waals surface area contributed by atoms with Crippen molar-refractivity contribution in [3.63, 3.8) is 0 Å². The Balaban J connectivity index is 1.80. The number of hydrogen-bond acceptors (Lipinski definition) is 2. The van der Waals surface area contributed by atoms with Crippen molar-refractivity contribution >= 4 is 5.91 Å². The summed E-state index contributed by atoms with van der Waals surface area (Å²) in [6.07, 6.45) is 3.48. The molecule has 0 fully saturated rings. The van der Waals surface area contributed by atoms with Gasteiger partial charge in [0.15, 0.2) is 0 Å². The fraction of sp³-hybridized carbons (Fsp3) is 0.100. The lowest BCUT2D eigenvalue weighted by atomic mass is 10.0. The number of amides is 1. The van der Waals surface area contributed by atoms with Crippen LogP contribution in [-0.4, -0.2) is 22.8 Å². The molecule has 0 bridgehead atoms. The summed E-state index contributed by atoms with van der Waals surface area (Å²) >= 11 is 0. The quantitative estimate of drug-likeness (QED) is 0.729. The maximum Gasteiger partial charge on any atom is 0.253 e. The highest BCUT2D eigenvalue weighted by molar-refractivity contribution is 5.95. The summed E-state index contributed by atoms with van der Waals surface area (Å²) in [6.45, 7) is 0.566. The van der Waals surface area contributed by atoms with E-state index in [1.165, 1.54) is 0 Å². The number of aromatic nitrogens is 1. The first-order valence-corrected chi connectivity index (χ1v) is 7.54. The smallest absolute Gasteiger partial charge is 0.253 e. The van der Waals surface area contributed by atoms with Gasteiger partial charge in [-0.15, -0.1) is 0 Å². The Bertz CT molecular complexity index is 785. The average molecular weight is 302 g/mol. The zero-order valence-corrected chi connectivity index (χ0v) is 13.0. The van der Waals surface area contributed by atoms with Crippen LogP contribution in [-0.2, 0) is 6.54 Å². The summed E-state index contributed by atoms with van der Waals surface area (Å²) in [5.41, 5.74) is 3.92. The largest absolute Gasteiger partial charge is 0.337 e. The van der Waals surface area contributed by atoms with Crippen molar-refractivity contribution in [3.05, 3.63) is 90.3 Å². The number of carbonyl (C=O) groups excluding carboxylic acids is 1. The minimum Gasteiger partial charge on any atom is -0.337 e. The van der Waals surface area contributed by atoms with Gasteiger partial charge in [0.1, 0.15) is 0 Å². The minimum atomic E-state index is 0.0135. The van der Waals surface area contributed by atoms with Crippen LogP contribution in [0.4, 0.5) is 0 Å². The molecule has 2 aromatic carbocycles. The highest BCUT2D eigenvalue weighted by Gasteiger charge is 2.12. The van der Waals surface area contributed by atoms with Crippen LogP contribution in [0.1, 0.15) is 15.9 Å². The number of carbonyl (C=O) groups is 1. The lowest BCUT2D eigenvalue weighted by Crippen LogP contribution is -2.26. The molecule has 3 heteroatoms. The Labute approximate surface area is 136 Å². The molecule has 0 unspecified atom stereocenters. The second kappa shape index (κ2) is 6.88. The van der Waals surface area contributed by atoms with Crippen LogP contribution in [0.15, 0.2) is 79.1 Å². The first kappa shape index (κ1) is 15.0. The maximum absolute atomic E-state index is 12.6. The van der Waals surface area contributed by atoms with E-state index in [9.17, 15) is 4.79 Å². The van der Waals surface area contributed by atoms with Gasteiger partial charge in [0.25, 0.3) is 5.91 Å². The molecule has 3 nitrogen and oxygen atoms in total. The molecule has 1 amide bonds. The molecule has 0 aliphatic carbocycles. The fourth-order valence-corrected chi connectivity index (χ4v) is 2.52. The third kappa shape index (κ3) is 3.64. The van der Waals surface area contributed by atoms with Gasteiger partial charge in [0, 0.05) is 31.5 Å². The van der Waals surface area contributed by atoms with Crippen molar-refractivity contribution in [2.24, 2.45) is 0 Å². The van der Waals surface area contributed by atoms with E-state index in [1.54, 1.807) is 17.3 Å². The topological polar surface area (TPSA) is 33.2 Å². The highest BCUT2D eigenvalue weighted by Crippen LogP contribution is 2.20. The lowest BCUT2D eigenvalue weighted by Gasteiger charge is -2.17. The molecule has 114 valence electrons. The van der Waals surface area contributed by atoms with Gasteiger partial charge in [0.2, 0.25) is 0 Å². The fourth-order valence-electron chi connectivity index (χ4n) is 2.52. The third-order valence-electron chi connectivity index (χ3n) is 3.73. The Morgan fingerprint density at radius 2 is 1.61 bits per heavy atom. The number of pyridine rings is 1. The Morgan fingerprint density at radius 1 is 0.913 bits per heavy atom. The van der Waals surface area contributed by atoms with Crippen molar-refractivity contribution in [1.82, 2.24) is 9.88 Å². The van der Waals surface area contributed by atoms with Crippen molar-refractivity contribution in [2.75, 3.05) is 7.05 Å². The number of rotatable bonds is 4. The SMILES string of the molecule is CN(Cc1ccncc1)C(=O)c1cccc(-c2ccccc2)c1. The first-order chi connectivity index (χ1) is 11.2. The van der Waals surface area contributed by atoms with Crippen molar-refractivity contribution in [1.29, 1.82) is 0 Å². The summed E-state index contributed by atoms with van der Waals surface area (Å²) < 4.78 is 0. The van der Waals surface area contributed by atoms with Crippen LogP contribution in [0.5, 0.6) is 0 Å². The molecule has 3 aromatic rings. The summed E-state index contributed by atoms with van der Waals surface area (Å²) in [5, 5.41) is 0.